The van der Waals surface area contributed by atoms with Gasteiger partial charge in [-0.05, 0) is 89.3 Å². The van der Waals surface area contributed by atoms with E-state index in [2.05, 4.69) is 0 Å². The van der Waals surface area contributed by atoms with Crippen LogP contribution >= 0.6 is 23.5 Å². The third kappa shape index (κ3) is 13.2. The standard InChI is InChI=1S/C32H35NO9S2/c1-31(2,3)41-29(39)21-11-7-9-19(15-21)23(34)17-27(37)43-25(33)13-14-26(36)44-28(38)18-24(35)20-10-8-12-22(16-20)30(40)42-32(4,5)6/h7-12,15-16,33H,13-14,17-18H2,1-6H3. The smallest absolute Gasteiger partial charge is 0.338 e. The number of rotatable bonds is 11. The summed E-state index contributed by atoms with van der Waals surface area (Å²) in [6.45, 7) is 10.3. The molecule has 0 aliphatic heterocycles. The number of carbonyl (C=O) groups is 7. The van der Waals surface area contributed by atoms with E-state index in [1.807, 2.05) is 0 Å². The molecule has 0 spiro atoms. The van der Waals surface area contributed by atoms with Crippen LogP contribution in [0, 0.1) is 5.41 Å². The molecule has 234 valence electrons. The van der Waals surface area contributed by atoms with Crippen LogP contribution in [0.2, 0.25) is 0 Å². The van der Waals surface area contributed by atoms with E-state index in [1.54, 1.807) is 41.5 Å². The molecule has 0 fully saturated rings. The summed E-state index contributed by atoms with van der Waals surface area (Å²) in [6, 6.07) is 11.6. The van der Waals surface area contributed by atoms with Crippen molar-refractivity contribution in [1.29, 1.82) is 5.41 Å². The summed E-state index contributed by atoms with van der Waals surface area (Å²) in [4.78, 5) is 86.6. The molecule has 0 aromatic heterocycles. The van der Waals surface area contributed by atoms with E-state index in [0.29, 0.717) is 23.5 Å². The maximum Gasteiger partial charge on any atom is 0.338 e. The summed E-state index contributed by atoms with van der Waals surface area (Å²) in [6.07, 6.45) is -1.47. The SMILES string of the molecule is CC(C)(C)OC(=O)c1cccc(C(=O)CC(=O)SC(=N)CCC(=O)SC(=O)CC(=O)c2cccc(C(=O)OC(C)(C)C)c2)c1. The van der Waals surface area contributed by atoms with E-state index in [-0.39, 0.29) is 40.1 Å². The molecule has 0 heterocycles. The summed E-state index contributed by atoms with van der Waals surface area (Å²) in [5.41, 5.74) is -0.849. The third-order valence-electron chi connectivity index (χ3n) is 5.27. The second kappa shape index (κ2) is 15.7. The van der Waals surface area contributed by atoms with Crippen molar-refractivity contribution in [2.45, 2.75) is 78.4 Å². The Morgan fingerprint density at radius 2 is 0.977 bits per heavy atom. The topological polar surface area (TPSA) is 162 Å². The summed E-state index contributed by atoms with van der Waals surface area (Å²) in [5.74, 6) is -2.33. The monoisotopic (exact) mass is 641 g/mol. The second-order valence-corrected chi connectivity index (χ2v) is 13.9. The predicted octanol–water partition coefficient (Wildman–Crippen LogP) is 6.25. The van der Waals surface area contributed by atoms with Gasteiger partial charge in [0.15, 0.2) is 16.7 Å². The number of hydrogen-bond donors (Lipinski definition) is 1. The van der Waals surface area contributed by atoms with Gasteiger partial charge in [-0.1, -0.05) is 24.3 Å². The normalized spacial score (nSPS) is 11.3. The van der Waals surface area contributed by atoms with Crippen molar-refractivity contribution in [2.24, 2.45) is 0 Å². The molecule has 0 aliphatic rings. The lowest BCUT2D eigenvalue weighted by atomic mass is 10.1. The fourth-order valence-electron chi connectivity index (χ4n) is 3.43. The van der Waals surface area contributed by atoms with Crippen LogP contribution < -0.4 is 0 Å². The van der Waals surface area contributed by atoms with Gasteiger partial charge in [-0.3, -0.25) is 29.4 Å². The Kier molecular flexibility index (Phi) is 13.0. The molecule has 2 aromatic rings. The van der Waals surface area contributed by atoms with E-state index in [9.17, 15) is 33.6 Å². The highest BCUT2D eigenvalue weighted by Crippen LogP contribution is 2.20. The number of ether oxygens (including phenoxy) is 2. The first-order valence-corrected chi connectivity index (χ1v) is 15.2. The third-order valence-corrected chi connectivity index (χ3v) is 6.90. The van der Waals surface area contributed by atoms with Gasteiger partial charge >= 0.3 is 11.9 Å². The van der Waals surface area contributed by atoms with Crippen molar-refractivity contribution in [2.75, 3.05) is 0 Å². The minimum atomic E-state index is -0.721. The number of ketones is 2. The Hall–Kier alpha value is -3.90. The zero-order valence-corrected chi connectivity index (χ0v) is 27.1. The van der Waals surface area contributed by atoms with E-state index in [0.717, 1.165) is 0 Å². The van der Waals surface area contributed by atoms with Gasteiger partial charge in [0.05, 0.1) is 29.0 Å². The van der Waals surface area contributed by atoms with Crippen LogP contribution in [-0.4, -0.2) is 55.1 Å². The van der Waals surface area contributed by atoms with Crippen LogP contribution in [0.3, 0.4) is 0 Å². The quantitative estimate of drug-likeness (QED) is 0.0971. The first-order chi connectivity index (χ1) is 20.3. The summed E-state index contributed by atoms with van der Waals surface area (Å²) in [5, 5.41) is 5.92. The molecule has 0 amide bonds. The van der Waals surface area contributed by atoms with Gasteiger partial charge in [-0.2, -0.15) is 0 Å². The first kappa shape index (κ1) is 36.3. The molecule has 0 radical (unpaired) electrons. The van der Waals surface area contributed by atoms with E-state index < -0.39 is 62.9 Å². The molecule has 2 aromatic carbocycles. The molecule has 0 unspecified atom stereocenters. The number of hydrogen-bond acceptors (Lipinski definition) is 12. The predicted molar refractivity (Wildman–Crippen MR) is 168 cm³/mol. The van der Waals surface area contributed by atoms with Crippen molar-refractivity contribution < 1.29 is 43.0 Å². The fourth-order valence-corrected chi connectivity index (χ4v) is 4.78. The van der Waals surface area contributed by atoms with Gasteiger partial charge in [0.2, 0.25) is 10.2 Å². The number of carbonyl (C=O) groups excluding carboxylic acids is 7. The molecule has 1 N–H and O–H groups in total. The van der Waals surface area contributed by atoms with Crippen LogP contribution in [0.1, 0.15) is 109 Å². The van der Waals surface area contributed by atoms with Crippen LogP contribution in [0.25, 0.3) is 0 Å². The molecular formula is C32H35NO9S2. The van der Waals surface area contributed by atoms with Crippen LogP contribution in [0.4, 0.5) is 0 Å². The zero-order chi connectivity index (χ0) is 33.2. The lowest BCUT2D eigenvalue weighted by Crippen LogP contribution is -2.24. The van der Waals surface area contributed by atoms with Crippen LogP contribution in [0.5, 0.6) is 0 Å². The molecule has 0 bridgehead atoms. The van der Waals surface area contributed by atoms with Gasteiger partial charge in [0, 0.05) is 24.0 Å². The van der Waals surface area contributed by atoms with Gasteiger partial charge in [0.1, 0.15) is 11.2 Å². The Morgan fingerprint density at radius 1 is 0.591 bits per heavy atom. The average Bonchev–Trinajstić information content (AvgIpc) is 2.90. The Morgan fingerprint density at radius 3 is 1.39 bits per heavy atom. The summed E-state index contributed by atoms with van der Waals surface area (Å²) < 4.78 is 10.6. The number of Topliss-reactive ketones (excluding diaryl/α,β-unsaturated/α-hetero) is 2. The average molecular weight is 642 g/mol. The first-order valence-electron chi connectivity index (χ1n) is 13.6. The number of benzene rings is 2. The lowest BCUT2D eigenvalue weighted by molar-refractivity contribution is -0.113. The van der Waals surface area contributed by atoms with Crippen LogP contribution in [0.15, 0.2) is 48.5 Å². The fraction of sp³-hybridized carbons (Fsp3) is 0.375. The lowest BCUT2D eigenvalue weighted by Gasteiger charge is -2.19. The van der Waals surface area contributed by atoms with Gasteiger partial charge < -0.3 is 9.47 Å². The van der Waals surface area contributed by atoms with Gasteiger partial charge in [-0.15, -0.1) is 0 Å². The van der Waals surface area contributed by atoms with E-state index in [1.165, 1.54) is 48.5 Å². The van der Waals surface area contributed by atoms with Gasteiger partial charge in [0.25, 0.3) is 0 Å². The highest BCUT2D eigenvalue weighted by atomic mass is 32.2. The minimum Gasteiger partial charge on any atom is -0.456 e. The van der Waals surface area contributed by atoms with Crippen molar-refractivity contribution >= 4 is 67.4 Å². The van der Waals surface area contributed by atoms with Gasteiger partial charge in [-0.25, -0.2) is 9.59 Å². The van der Waals surface area contributed by atoms with Crippen molar-refractivity contribution in [3.8, 4) is 0 Å². The maximum atomic E-state index is 12.6. The Bertz CT molecular complexity index is 1370. The largest absolute Gasteiger partial charge is 0.456 e. The number of nitrogens with one attached hydrogen (secondary N) is 1. The van der Waals surface area contributed by atoms with Crippen molar-refractivity contribution in [1.82, 2.24) is 0 Å². The molecule has 0 saturated carbocycles. The molecule has 44 heavy (non-hydrogen) atoms. The summed E-state index contributed by atoms with van der Waals surface area (Å²) in [7, 11) is 0. The maximum absolute atomic E-state index is 12.6. The zero-order valence-electron chi connectivity index (χ0n) is 25.4. The second-order valence-electron chi connectivity index (χ2n) is 11.6. The molecule has 0 saturated heterocycles. The molecule has 0 atom stereocenters. The van der Waals surface area contributed by atoms with E-state index >= 15 is 0 Å². The molecule has 2 rings (SSSR count). The number of esters is 2. The summed E-state index contributed by atoms with van der Waals surface area (Å²) >= 11 is 0.854. The Labute approximate surface area is 264 Å². The minimum absolute atomic E-state index is 0.123. The molecule has 10 nitrogen and oxygen atoms in total. The van der Waals surface area contributed by atoms with Crippen molar-refractivity contribution in [3.63, 3.8) is 0 Å². The highest BCUT2D eigenvalue weighted by molar-refractivity contribution is 8.26. The molecule has 12 heteroatoms. The van der Waals surface area contributed by atoms with Crippen molar-refractivity contribution in [3.05, 3.63) is 70.8 Å². The Balaban J connectivity index is 1.81. The van der Waals surface area contributed by atoms with Crippen LogP contribution in [-0.2, 0) is 23.9 Å². The highest BCUT2D eigenvalue weighted by Gasteiger charge is 2.22. The molecular weight excluding hydrogens is 606 g/mol. The van der Waals surface area contributed by atoms with E-state index in [4.69, 9.17) is 14.9 Å². The number of thioether (sulfide) groups is 2. The molecule has 0 aliphatic carbocycles.